The minimum absolute atomic E-state index is 0.267. The van der Waals surface area contributed by atoms with Crippen LogP contribution in [-0.2, 0) is 6.54 Å². The molecule has 1 aromatic heterocycles. The SMILES string of the molecule is C=C(CC)NSc1ccc2[nH]c(=O)n(C/C=C/C)c(=O)c2c1. The minimum atomic E-state index is -0.395. The van der Waals surface area contributed by atoms with E-state index >= 15 is 0 Å². The predicted molar refractivity (Wildman–Crippen MR) is 92.1 cm³/mol. The molecule has 2 N–H and O–H groups in total. The molecule has 6 heteroatoms. The van der Waals surface area contributed by atoms with E-state index in [0.717, 1.165) is 17.0 Å². The molecule has 22 heavy (non-hydrogen) atoms. The van der Waals surface area contributed by atoms with Gasteiger partial charge in [-0.25, -0.2) is 4.79 Å². The summed E-state index contributed by atoms with van der Waals surface area (Å²) in [6, 6.07) is 5.38. The highest BCUT2D eigenvalue weighted by molar-refractivity contribution is 7.97. The Balaban J connectivity index is 2.44. The molecular weight excluding hydrogens is 298 g/mol. The van der Waals surface area contributed by atoms with Crippen LogP contribution in [0, 0.1) is 0 Å². The summed E-state index contributed by atoms with van der Waals surface area (Å²) in [6.07, 6.45) is 4.42. The molecule has 0 saturated heterocycles. The predicted octanol–water partition coefficient (Wildman–Crippen LogP) is 2.79. The van der Waals surface area contributed by atoms with Crippen LogP contribution in [0.3, 0.4) is 0 Å². The van der Waals surface area contributed by atoms with Gasteiger partial charge in [-0.05, 0) is 43.5 Å². The standard InChI is InChI=1S/C16H19N3O2S/c1-4-6-9-19-15(20)13-10-12(22-18-11(3)5-2)7-8-14(13)17-16(19)21/h4,6-8,10,18H,3,5,9H2,1-2H3,(H,17,21)/b6-4+. The lowest BCUT2D eigenvalue weighted by Crippen LogP contribution is -2.34. The summed E-state index contributed by atoms with van der Waals surface area (Å²) < 4.78 is 4.31. The van der Waals surface area contributed by atoms with E-state index in [1.54, 1.807) is 18.2 Å². The third-order valence-electron chi connectivity index (χ3n) is 3.22. The van der Waals surface area contributed by atoms with Crippen molar-refractivity contribution in [3.05, 3.63) is 63.5 Å². The first-order chi connectivity index (χ1) is 10.6. The van der Waals surface area contributed by atoms with Gasteiger partial charge >= 0.3 is 5.69 Å². The second-order valence-electron chi connectivity index (χ2n) is 4.78. The molecule has 0 aliphatic carbocycles. The van der Waals surface area contributed by atoms with Gasteiger partial charge in [0.2, 0.25) is 0 Å². The van der Waals surface area contributed by atoms with Crippen LogP contribution in [-0.4, -0.2) is 9.55 Å². The Morgan fingerprint density at radius 2 is 2.23 bits per heavy atom. The zero-order valence-corrected chi connectivity index (χ0v) is 13.5. The summed E-state index contributed by atoms with van der Waals surface area (Å²) in [5, 5.41) is 0.498. The van der Waals surface area contributed by atoms with E-state index in [0.29, 0.717) is 10.9 Å². The van der Waals surface area contributed by atoms with E-state index in [1.807, 2.05) is 26.0 Å². The van der Waals surface area contributed by atoms with Crippen molar-refractivity contribution in [2.75, 3.05) is 0 Å². The van der Waals surface area contributed by atoms with Gasteiger partial charge in [0, 0.05) is 17.1 Å². The van der Waals surface area contributed by atoms with Crippen molar-refractivity contribution in [1.82, 2.24) is 14.3 Å². The van der Waals surface area contributed by atoms with Gasteiger partial charge in [0.15, 0.2) is 0 Å². The largest absolute Gasteiger partial charge is 0.330 e. The first-order valence-corrected chi connectivity index (χ1v) is 7.87. The van der Waals surface area contributed by atoms with Crippen molar-refractivity contribution in [3.63, 3.8) is 0 Å². The molecule has 1 aromatic carbocycles. The number of nitrogens with zero attached hydrogens (tertiary/aromatic N) is 1. The van der Waals surface area contributed by atoms with Gasteiger partial charge in [0.25, 0.3) is 5.56 Å². The van der Waals surface area contributed by atoms with Crippen LogP contribution in [0.1, 0.15) is 20.3 Å². The molecule has 2 rings (SSSR count). The lowest BCUT2D eigenvalue weighted by atomic mass is 10.2. The van der Waals surface area contributed by atoms with Gasteiger partial charge < -0.3 is 9.71 Å². The van der Waals surface area contributed by atoms with Gasteiger partial charge in [-0.3, -0.25) is 9.36 Å². The highest BCUT2D eigenvalue weighted by atomic mass is 32.2. The van der Waals surface area contributed by atoms with E-state index in [4.69, 9.17) is 0 Å². The van der Waals surface area contributed by atoms with Gasteiger partial charge in [0.1, 0.15) is 0 Å². The molecule has 0 fully saturated rings. The van der Waals surface area contributed by atoms with Crippen molar-refractivity contribution >= 4 is 22.9 Å². The molecule has 116 valence electrons. The number of hydrogen-bond donors (Lipinski definition) is 2. The fourth-order valence-corrected chi connectivity index (χ4v) is 2.59. The van der Waals surface area contributed by atoms with E-state index < -0.39 is 5.69 Å². The number of fused-ring (bicyclic) bond motifs is 1. The average Bonchev–Trinajstić information content (AvgIpc) is 2.52. The first kappa shape index (κ1) is 16.2. The van der Waals surface area contributed by atoms with Crippen LogP contribution in [0.5, 0.6) is 0 Å². The molecule has 0 saturated carbocycles. The summed E-state index contributed by atoms with van der Waals surface area (Å²) in [4.78, 5) is 28.0. The smallest absolute Gasteiger partial charge is 0.329 e. The second-order valence-corrected chi connectivity index (χ2v) is 5.66. The molecule has 0 radical (unpaired) electrons. The number of nitrogens with one attached hydrogen (secondary N) is 2. The van der Waals surface area contributed by atoms with E-state index in [1.165, 1.54) is 16.5 Å². The van der Waals surface area contributed by atoms with E-state index in [2.05, 4.69) is 16.3 Å². The molecule has 0 amide bonds. The van der Waals surface area contributed by atoms with Crippen molar-refractivity contribution in [3.8, 4) is 0 Å². The first-order valence-electron chi connectivity index (χ1n) is 7.05. The normalized spacial score (nSPS) is 11.2. The summed E-state index contributed by atoms with van der Waals surface area (Å²) in [5.74, 6) is 0. The maximum Gasteiger partial charge on any atom is 0.329 e. The topological polar surface area (TPSA) is 66.9 Å². The van der Waals surface area contributed by atoms with Gasteiger partial charge in [0.05, 0.1) is 10.9 Å². The Morgan fingerprint density at radius 1 is 1.45 bits per heavy atom. The Kier molecular flexibility index (Phi) is 5.27. The Bertz CT molecular complexity index is 833. The number of aromatic amines is 1. The maximum absolute atomic E-state index is 12.5. The fraction of sp³-hybridized carbons (Fsp3) is 0.250. The van der Waals surface area contributed by atoms with Gasteiger partial charge in [-0.15, -0.1) is 0 Å². The zero-order chi connectivity index (χ0) is 16.1. The minimum Gasteiger partial charge on any atom is -0.330 e. The van der Waals surface area contributed by atoms with Gasteiger partial charge in [-0.1, -0.05) is 25.7 Å². The lowest BCUT2D eigenvalue weighted by molar-refractivity contribution is 0.726. The summed E-state index contributed by atoms with van der Waals surface area (Å²) in [5.41, 5.74) is 0.782. The molecule has 5 nitrogen and oxygen atoms in total. The van der Waals surface area contributed by atoms with Gasteiger partial charge in [-0.2, -0.15) is 0 Å². The molecular formula is C16H19N3O2S. The number of H-pyrrole nitrogens is 1. The zero-order valence-electron chi connectivity index (χ0n) is 12.7. The molecule has 0 atom stereocenters. The molecule has 0 aliphatic rings. The van der Waals surface area contributed by atoms with Crippen LogP contribution in [0.25, 0.3) is 10.9 Å². The quantitative estimate of drug-likeness (QED) is 0.635. The maximum atomic E-state index is 12.5. The summed E-state index contributed by atoms with van der Waals surface area (Å²) in [7, 11) is 0. The highest BCUT2D eigenvalue weighted by Gasteiger charge is 2.07. The number of benzene rings is 1. The molecule has 0 bridgehead atoms. The molecule has 0 unspecified atom stereocenters. The van der Waals surface area contributed by atoms with Crippen LogP contribution >= 0.6 is 11.9 Å². The number of hydrogen-bond acceptors (Lipinski definition) is 4. The van der Waals surface area contributed by atoms with Crippen LogP contribution in [0.15, 0.2) is 57.1 Å². The third kappa shape index (κ3) is 3.51. The molecule has 0 spiro atoms. The average molecular weight is 317 g/mol. The number of allylic oxidation sites excluding steroid dienone is 3. The Labute approximate surface area is 132 Å². The molecule has 0 aliphatic heterocycles. The van der Waals surface area contributed by atoms with Crippen molar-refractivity contribution < 1.29 is 0 Å². The Hall–Kier alpha value is -2.21. The highest BCUT2D eigenvalue weighted by Crippen LogP contribution is 2.19. The fourth-order valence-electron chi connectivity index (χ4n) is 1.87. The van der Waals surface area contributed by atoms with Crippen molar-refractivity contribution in [2.45, 2.75) is 31.7 Å². The van der Waals surface area contributed by atoms with E-state index in [-0.39, 0.29) is 12.1 Å². The van der Waals surface area contributed by atoms with Crippen LogP contribution < -0.4 is 16.0 Å². The van der Waals surface area contributed by atoms with Crippen LogP contribution in [0.2, 0.25) is 0 Å². The second kappa shape index (κ2) is 7.17. The third-order valence-corrected chi connectivity index (χ3v) is 4.10. The van der Waals surface area contributed by atoms with Crippen molar-refractivity contribution in [1.29, 1.82) is 0 Å². The summed E-state index contributed by atoms with van der Waals surface area (Å²) >= 11 is 1.40. The number of rotatable bonds is 6. The summed E-state index contributed by atoms with van der Waals surface area (Å²) in [6.45, 7) is 8.00. The Morgan fingerprint density at radius 3 is 2.91 bits per heavy atom. The molecule has 1 heterocycles. The van der Waals surface area contributed by atoms with E-state index in [9.17, 15) is 9.59 Å². The lowest BCUT2D eigenvalue weighted by Gasteiger charge is -2.08. The van der Waals surface area contributed by atoms with Crippen molar-refractivity contribution in [2.24, 2.45) is 0 Å². The van der Waals surface area contributed by atoms with Crippen LogP contribution in [0.4, 0.5) is 0 Å². The molecule has 2 aromatic rings. The monoisotopic (exact) mass is 317 g/mol. The number of aromatic nitrogens is 2.